The molecule has 0 spiro atoms. The molecule has 2 aromatic heterocycles. The van der Waals surface area contributed by atoms with Gasteiger partial charge < -0.3 is 10.0 Å². The van der Waals surface area contributed by atoms with E-state index in [0.29, 0.717) is 3.97 Å². The summed E-state index contributed by atoms with van der Waals surface area (Å²) in [5.74, 6) is -0.991. The molecule has 3 aromatic rings. The number of nitrogens with zero attached hydrogens (tertiary/aromatic N) is 5. The van der Waals surface area contributed by atoms with Crippen LogP contribution in [-0.2, 0) is 16.6 Å². The number of amides is 1. The molecular formula is C24H22FN5O4S. The van der Waals surface area contributed by atoms with E-state index in [9.17, 15) is 28.8 Å². The third kappa shape index (κ3) is 5.31. The standard InChI is InChI=1S/C24H22FN5O4S/c1-24(2,3)15-29(23(31)32)13-17-14-30(35(33,34)18-7-4-6-16(10-18)11-26)22(21(17)25)19-8-5-9-28-20(19)12-27/h4-10,14H,13,15H2,1-3H3,(H,31,32). The van der Waals surface area contributed by atoms with Crippen molar-refractivity contribution >= 4 is 16.1 Å². The molecule has 0 atom stereocenters. The maximum Gasteiger partial charge on any atom is 0.407 e. The van der Waals surface area contributed by atoms with Crippen LogP contribution in [0, 0.1) is 33.9 Å². The second-order valence-corrected chi connectivity index (χ2v) is 10.8. The molecule has 0 unspecified atom stereocenters. The lowest BCUT2D eigenvalue weighted by atomic mass is 9.96. The molecule has 35 heavy (non-hydrogen) atoms. The summed E-state index contributed by atoms with van der Waals surface area (Å²) in [6.45, 7) is 5.09. The highest BCUT2D eigenvalue weighted by molar-refractivity contribution is 7.90. The molecule has 2 heterocycles. The highest BCUT2D eigenvalue weighted by atomic mass is 32.2. The average molecular weight is 496 g/mol. The molecule has 1 aromatic carbocycles. The van der Waals surface area contributed by atoms with Crippen molar-refractivity contribution in [2.75, 3.05) is 6.54 Å². The Hall–Kier alpha value is -4.22. The number of halogens is 1. The fourth-order valence-electron chi connectivity index (χ4n) is 3.54. The van der Waals surface area contributed by atoms with E-state index in [1.807, 2.05) is 32.9 Å². The first kappa shape index (κ1) is 25.4. The van der Waals surface area contributed by atoms with Gasteiger partial charge in [0.25, 0.3) is 10.0 Å². The van der Waals surface area contributed by atoms with Crippen LogP contribution < -0.4 is 0 Å². The van der Waals surface area contributed by atoms with Crippen molar-refractivity contribution in [2.24, 2.45) is 5.41 Å². The van der Waals surface area contributed by atoms with E-state index in [1.165, 1.54) is 36.5 Å². The first-order valence-electron chi connectivity index (χ1n) is 10.4. The Kier molecular flexibility index (Phi) is 6.94. The lowest BCUT2D eigenvalue weighted by Gasteiger charge is -2.27. The smallest absolute Gasteiger partial charge is 0.407 e. The van der Waals surface area contributed by atoms with Crippen molar-refractivity contribution in [3.05, 3.63) is 71.4 Å². The van der Waals surface area contributed by atoms with Gasteiger partial charge in [0.1, 0.15) is 17.5 Å². The van der Waals surface area contributed by atoms with Crippen molar-refractivity contribution < 1.29 is 22.7 Å². The van der Waals surface area contributed by atoms with E-state index in [4.69, 9.17) is 0 Å². The summed E-state index contributed by atoms with van der Waals surface area (Å²) in [4.78, 5) is 16.5. The topological polar surface area (TPSA) is 140 Å². The number of carboxylic acid groups (broad SMARTS) is 1. The molecule has 0 saturated carbocycles. The SMILES string of the molecule is CC(C)(C)CN(Cc1cn(S(=O)(=O)c2cccc(C#N)c2)c(-c2cccnc2C#N)c1F)C(=O)O. The van der Waals surface area contributed by atoms with Crippen LogP contribution in [0.15, 0.2) is 53.7 Å². The number of aromatic nitrogens is 2. The van der Waals surface area contributed by atoms with Crippen LogP contribution in [-0.4, -0.2) is 40.0 Å². The van der Waals surface area contributed by atoms with Gasteiger partial charge in [-0.25, -0.2) is 26.6 Å². The first-order valence-corrected chi connectivity index (χ1v) is 11.8. The Labute approximate surface area is 202 Å². The predicted molar refractivity (Wildman–Crippen MR) is 124 cm³/mol. The Morgan fingerprint density at radius 3 is 2.51 bits per heavy atom. The minimum atomic E-state index is -4.45. The predicted octanol–water partition coefficient (Wildman–Crippen LogP) is 4.20. The van der Waals surface area contributed by atoms with Crippen molar-refractivity contribution in [1.29, 1.82) is 10.5 Å². The Balaban J connectivity index is 2.28. The number of rotatable bonds is 6. The second-order valence-electron chi connectivity index (χ2n) is 8.97. The van der Waals surface area contributed by atoms with Crippen LogP contribution >= 0.6 is 0 Å². The van der Waals surface area contributed by atoms with Crippen molar-refractivity contribution in [3.8, 4) is 23.4 Å². The van der Waals surface area contributed by atoms with Crippen LogP contribution in [0.5, 0.6) is 0 Å². The van der Waals surface area contributed by atoms with Crippen LogP contribution in [0.1, 0.15) is 37.6 Å². The Morgan fingerprint density at radius 1 is 1.20 bits per heavy atom. The number of nitriles is 2. The van der Waals surface area contributed by atoms with Crippen molar-refractivity contribution in [2.45, 2.75) is 32.2 Å². The minimum Gasteiger partial charge on any atom is -0.465 e. The summed E-state index contributed by atoms with van der Waals surface area (Å²) in [6.07, 6.45) is 1.03. The van der Waals surface area contributed by atoms with Crippen LogP contribution in [0.3, 0.4) is 0 Å². The van der Waals surface area contributed by atoms with Gasteiger partial charge in [0.05, 0.1) is 23.1 Å². The van der Waals surface area contributed by atoms with Gasteiger partial charge in [-0.2, -0.15) is 10.5 Å². The van der Waals surface area contributed by atoms with E-state index >= 15 is 4.39 Å². The molecule has 0 bridgehead atoms. The lowest BCUT2D eigenvalue weighted by molar-refractivity contribution is 0.122. The molecule has 3 rings (SSSR count). The average Bonchev–Trinajstić information content (AvgIpc) is 3.14. The number of carbonyl (C=O) groups is 1. The molecule has 0 radical (unpaired) electrons. The molecule has 0 aliphatic rings. The van der Waals surface area contributed by atoms with Crippen molar-refractivity contribution in [3.63, 3.8) is 0 Å². The summed E-state index contributed by atoms with van der Waals surface area (Å²) in [5, 5.41) is 28.3. The zero-order chi connectivity index (χ0) is 26.0. The number of hydrogen-bond donors (Lipinski definition) is 1. The fourth-order valence-corrected chi connectivity index (χ4v) is 4.98. The van der Waals surface area contributed by atoms with Gasteiger partial charge in [-0.3, -0.25) is 0 Å². The Morgan fingerprint density at radius 2 is 1.91 bits per heavy atom. The molecule has 0 aliphatic heterocycles. The zero-order valence-electron chi connectivity index (χ0n) is 19.2. The summed E-state index contributed by atoms with van der Waals surface area (Å²) >= 11 is 0. The van der Waals surface area contributed by atoms with E-state index in [-0.39, 0.29) is 33.8 Å². The number of pyridine rings is 1. The second kappa shape index (κ2) is 9.57. The number of benzene rings is 1. The fraction of sp³-hybridized carbons (Fsp3) is 0.250. The maximum absolute atomic E-state index is 15.8. The largest absolute Gasteiger partial charge is 0.465 e. The summed E-state index contributed by atoms with van der Waals surface area (Å²) in [6, 6.07) is 11.7. The summed E-state index contributed by atoms with van der Waals surface area (Å²) in [7, 11) is -4.45. The maximum atomic E-state index is 15.8. The van der Waals surface area contributed by atoms with Gasteiger partial charge in [-0.05, 0) is 35.7 Å². The van der Waals surface area contributed by atoms with Gasteiger partial charge in [0.2, 0.25) is 0 Å². The van der Waals surface area contributed by atoms with Crippen molar-refractivity contribution in [1.82, 2.24) is 13.9 Å². The summed E-state index contributed by atoms with van der Waals surface area (Å²) < 4.78 is 43.6. The molecule has 9 nitrogen and oxygen atoms in total. The highest BCUT2D eigenvalue weighted by Crippen LogP contribution is 2.33. The third-order valence-corrected chi connectivity index (χ3v) is 6.62. The monoisotopic (exact) mass is 495 g/mol. The van der Waals surface area contributed by atoms with Gasteiger partial charge in [-0.1, -0.05) is 26.8 Å². The van der Waals surface area contributed by atoms with Crippen LogP contribution in [0.25, 0.3) is 11.3 Å². The number of hydrogen-bond acceptors (Lipinski definition) is 6. The Bertz CT molecular complexity index is 1480. The van der Waals surface area contributed by atoms with Gasteiger partial charge in [0, 0.05) is 30.1 Å². The zero-order valence-corrected chi connectivity index (χ0v) is 20.0. The van der Waals surface area contributed by atoms with Crippen LogP contribution in [0.4, 0.5) is 9.18 Å². The molecule has 0 fully saturated rings. The third-order valence-electron chi connectivity index (χ3n) is 4.97. The van der Waals surface area contributed by atoms with Gasteiger partial charge >= 0.3 is 6.09 Å². The van der Waals surface area contributed by atoms with Gasteiger partial charge in [0.15, 0.2) is 5.82 Å². The van der Waals surface area contributed by atoms with Gasteiger partial charge in [-0.15, -0.1) is 0 Å². The molecule has 1 amide bonds. The quantitative estimate of drug-likeness (QED) is 0.540. The van der Waals surface area contributed by atoms with E-state index in [1.54, 1.807) is 0 Å². The molecular weight excluding hydrogens is 473 g/mol. The highest BCUT2D eigenvalue weighted by Gasteiger charge is 2.30. The molecule has 0 saturated heterocycles. The lowest BCUT2D eigenvalue weighted by Crippen LogP contribution is -2.36. The van der Waals surface area contributed by atoms with E-state index in [0.717, 1.165) is 17.2 Å². The molecule has 0 aliphatic carbocycles. The molecule has 180 valence electrons. The molecule has 1 N–H and O–H groups in total. The molecule has 11 heteroatoms. The van der Waals surface area contributed by atoms with Crippen LogP contribution in [0.2, 0.25) is 0 Å². The first-order chi connectivity index (χ1) is 16.4. The van der Waals surface area contributed by atoms with E-state index in [2.05, 4.69) is 4.98 Å². The van der Waals surface area contributed by atoms with E-state index < -0.39 is 39.6 Å². The normalized spacial score (nSPS) is 11.5. The summed E-state index contributed by atoms with van der Waals surface area (Å²) in [5.41, 5.74) is -1.28. The minimum absolute atomic E-state index is 0.0651.